The number of rotatable bonds is 5. The number of nitrogens with zero attached hydrogens (tertiary/aromatic N) is 1. The van der Waals surface area contributed by atoms with Crippen molar-refractivity contribution in [2.24, 2.45) is 7.05 Å². The number of carbonyl (C=O) groups is 3. The summed E-state index contributed by atoms with van der Waals surface area (Å²) in [6.45, 7) is 1.78. The fourth-order valence-electron chi connectivity index (χ4n) is 4.13. The maximum absolute atomic E-state index is 12.8. The van der Waals surface area contributed by atoms with Gasteiger partial charge in [0.25, 0.3) is 11.8 Å². The van der Waals surface area contributed by atoms with Crippen LogP contribution >= 0.6 is 0 Å². The number of aromatic nitrogens is 1. The van der Waals surface area contributed by atoms with Crippen LogP contribution in [0.3, 0.4) is 0 Å². The van der Waals surface area contributed by atoms with Crippen LogP contribution in [0, 0.1) is 0 Å². The maximum Gasteiger partial charge on any atom is 0.339 e. The fraction of sp³-hybridized carbons (Fsp3) is 0.286. The van der Waals surface area contributed by atoms with E-state index < -0.39 is 17.8 Å². The van der Waals surface area contributed by atoms with E-state index in [9.17, 15) is 19.5 Å². The number of ether oxygens (including phenoxy) is 1. The third kappa shape index (κ3) is 2.43. The number of nitrogens with one attached hydrogen (secondary N) is 1. The molecule has 0 unspecified atom stereocenters. The first-order valence-electron chi connectivity index (χ1n) is 9.20. The van der Waals surface area contributed by atoms with Crippen LogP contribution in [0.25, 0.3) is 21.8 Å². The summed E-state index contributed by atoms with van der Waals surface area (Å²) < 4.78 is 7.15. The molecule has 0 spiro atoms. The molecule has 2 N–H and O–H groups in total. The van der Waals surface area contributed by atoms with Gasteiger partial charge in [0.1, 0.15) is 0 Å². The highest BCUT2D eigenvalue weighted by molar-refractivity contribution is 6.33. The number of hydrogen-bond acceptors (Lipinski definition) is 5. The Morgan fingerprint density at radius 3 is 2.61 bits per heavy atom. The molecular weight excluding hydrogens is 360 g/mol. The van der Waals surface area contributed by atoms with E-state index in [1.54, 1.807) is 6.92 Å². The largest absolute Gasteiger partial charge is 0.462 e. The zero-order valence-corrected chi connectivity index (χ0v) is 15.7. The molecule has 144 valence electrons. The molecule has 28 heavy (non-hydrogen) atoms. The average molecular weight is 380 g/mol. The lowest BCUT2D eigenvalue weighted by Crippen LogP contribution is -2.21. The molecule has 1 aliphatic rings. The monoisotopic (exact) mass is 380 g/mol. The number of aliphatic hydroxyl groups is 1. The first kappa shape index (κ1) is 18.2. The lowest BCUT2D eigenvalue weighted by Gasteiger charge is -2.15. The Hall–Kier alpha value is -3.19. The van der Waals surface area contributed by atoms with Gasteiger partial charge in [-0.15, -0.1) is 0 Å². The van der Waals surface area contributed by atoms with Crippen LogP contribution in [0.1, 0.15) is 50.0 Å². The summed E-state index contributed by atoms with van der Waals surface area (Å²) >= 11 is 0. The van der Waals surface area contributed by atoms with Gasteiger partial charge in [-0.2, -0.15) is 0 Å². The van der Waals surface area contributed by atoms with Crippen molar-refractivity contribution in [3.8, 4) is 0 Å². The second-order valence-corrected chi connectivity index (χ2v) is 6.73. The summed E-state index contributed by atoms with van der Waals surface area (Å²) in [5, 5.41) is 13.2. The van der Waals surface area contributed by atoms with Crippen molar-refractivity contribution in [2.45, 2.75) is 19.8 Å². The minimum atomic E-state index is -0.635. The molecule has 0 fully saturated rings. The van der Waals surface area contributed by atoms with Gasteiger partial charge in [-0.3, -0.25) is 14.9 Å². The van der Waals surface area contributed by atoms with Crippen LogP contribution in [-0.4, -0.2) is 40.7 Å². The quantitative estimate of drug-likeness (QED) is 0.523. The number of esters is 1. The smallest absolute Gasteiger partial charge is 0.339 e. The number of carbonyl (C=O) groups excluding carboxylic acids is 3. The average Bonchev–Trinajstić information content (AvgIpc) is 3.14. The van der Waals surface area contributed by atoms with Gasteiger partial charge >= 0.3 is 5.97 Å². The van der Waals surface area contributed by atoms with Gasteiger partial charge in [-0.1, -0.05) is 18.2 Å². The van der Waals surface area contributed by atoms with Crippen molar-refractivity contribution < 1.29 is 24.2 Å². The van der Waals surface area contributed by atoms with Crippen LogP contribution < -0.4 is 5.32 Å². The zero-order chi connectivity index (χ0) is 20.0. The Bertz CT molecular complexity index is 1160. The molecule has 0 radical (unpaired) electrons. The van der Waals surface area contributed by atoms with Gasteiger partial charge in [0.05, 0.1) is 28.8 Å². The predicted octanol–water partition coefficient (Wildman–Crippen LogP) is 2.32. The van der Waals surface area contributed by atoms with Crippen molar-refractivity contribution in [3.63, 3.8) is 0 Å². The number of amides is 2. The zero-order valence-electron chi connectivity index (χ0n) is 15.7. The van der Waals surface area contributed by atoms with Gasteiger partial charge in [0.15, 0.2) is 0 Å². The fourth-order valence-corrected chi connectivity index (χ4v) is 4.13. The number of benzene rings is 2. The van der Waals surface area contributed by atoms with E-state index in [1.165, 1.54) is 0 Å². The molecule has 2 amide bonds. The standard InChI is InChI=1S/C21H20N2O5/c1-3-28-21(27)15-12(8-6-10-24)18-14(16-17(15)20(26)22-19(16)25)11-7-4-5-9-13(11)23(18)2/h4-5,7,9,24H,3,6,8,10H2,1-2H3,(H,22,25,26). The normalized spacial score (nSPS) is 13.2. The van der Waals surface area contributed by atoms with Crippen LogP contribution in [0.5, 0.6) is 0 Å². The lowest BCUT2D eigenvalue weighted by molar-refractivity contribution is 0.0521. The molecule has 0 atom stereocenters. The minimum absolute atomic E-state index is 0.0596. The van der Waals surface area contributed by atoms with Gasteiger partial charge in [-0.25, -0.2) is 4.79 Å². The molecule has 1 aromatic heterocycles. The second kappa shape index (κ2) is 6.76. The van der Waals surface area contributed by atoms with Crippen LogP contribution in [0.2, 0.25) is 0 Å². The molecular formula is C21H20N2O5. The third-order valence-corrected chi connectivity index (χ3v) is 5.19. The molecule has 1 aliphatic heterocycles. The Kier molecular flexibility index (Phi) is 4.39. The highest BCUT2D eigenvalue weighted by atomic mass is 16.5. The third-order valence-electron chi connectivity index (χ3n) is 5.19. The molecule has 4 rings (SSSR count). The summed E-state index contributed by atoms with van der Waals surface area (Å²) in [6.07, 6.45) is 0.789. The van der Waals surface area contributed by atoms with E-state index in [-0.39, 0.29) is 29.9 Å². The molecule has 7 nitrogen and oxygen atoms in total. The first-order valence-corrected chi connectivity index (χ1v) is 9.20. The van der Waals surface area contributed by atoms with Gasteiger partial charge in [0, 0.05) is 29.9 Å². The van der Waals surface area contributed by atoms with Crippen molar-refractivity contribution >= 4 is 39.6 Å². The molecule has 0 saturated carbocycles. The number of imide groups is 1. The number of para-hydroxylation sites is 1. The van der Waals surface area contributed by atoms with Gasteiger partial charge < -0.3 is 14.4 Å². The minimum Gasteiger partial charge on any atom is -0.462 e. The van der Waals surface area contributed by atoms with E-state index in [0.29, 0.717) is 29.3 Å². The number of fused-ring (bicyclic) bond motifs is 5. The van der Waals surface area contributed by atoms with Gasteiger partial charge in [0.2, 0.25) is 0 Å². The molecule has 7 heteroatoms. The summed E-state index contributed by atoms with van der Waals surface area (Å²) in [4.78, 5) is 38.1. The number of aryl methyl sites for hydroxylation is 2. The van der Waals surface area contributed by atoms with Crippen molar-refractivity contribution in [3.05, 3.63) is 46.5 Å². The molecule has 0 saturated heterocycles. The Balaban J connectivity index is 2.24. The van der Waals surface area contributed by atoms with Crippen molar-refractivity contribution in [1.29, 1.82) is 0 Å². The van der Waals surface area contributed by atoms with E-state index in [1.807, 2.05) is 35.9 Å². The maximum atomic E-state index is 12.8. The molecule has 0 aliphatic carbocycles. The topological polar surface area (TPSA) is 97.6 Å². The highest BCUT2D eigenvalue weighted by Gasteiger charge is 2.38. The lowest BCUT2D eigenvalue weighted by atomic mass is 9.90. The van der Waals surface area contributed by atoms with Crippen LogP contribution in [-0.2, 0) is 18.2 Å². The molecule has 3 aromatic rings. The van der Waals surface area contributed by atoms with E-state index >= 15 is 0 Å². The SMILES string of the molecule is CCOC(=O)c1c2c(c3c4ccccc4n(C)c3c1CCCO)C(=O)NC2=O. The first-order chi connectivity index (χ1) is 13.5. The van der Waals surface area contributed by atoms with E-state index in [2.05, 4.69) is 5.32 Å². The van der Waals surface area contributed by atoms with E-state index in [0.717, 1.165) is 10.9 Å². The Morgan fingerprint density at radius 2 is 1.89 bits per heavy atom. The molecule has 0 bridgehead atoms. The van der Waals surface area contributed by atoms with E-state index in [4.69, 9.17) is 4.74 Å². The molecule has 2 heterocycles. The summed E-state index contributed by atoms with van der Waals surface area (Å²) in [5.41, 5.74) is 2.61. The van der Waals surface area contributed by atoms with Gasteiger partial charge in [-0.05, 0) is 31.4 Å². The number of hydrogen-bond donors (Lipinski definition) is 2. The van der Waals surface area contributed by atoms with Crippen LogP contribution in [0.15, 0.2) is 24.3 Å². The highest BCUT2D eigenvalue weighted by Crippen LogP contribution is 2.40. The number of aliphatic hydroxyl groups excluding tert-OH is 1. The summed E-state index contributed by atoms with van der Waals surface area (Å²) in [7, 11) is 1.86. The van der Waals surface area contributed by atoms with Crippen molar-refractivity contribution in [2.75, 3.05) is 13.2 Å². The Morgan fingerprint density at radius 1 is 1.18 bits per heavy atom. The van der Waals surface area contributed by atoms with Crippen LogP contribution in [0.4, 0.5) is 0 Å². The summed E-state index contributed by atoms with van der Waals surface area (Å²) in [6, 6.07) is 7.59. The predicted molar refractivity (Wildman–Crippen MR) is 104 cm³/mol. The summed E-state index contributed by atoms with van der Waals surface area (Å²) in [5.74, 6) is -1.74. The Labute approximate surface area is 160 Å². The van der Waals surface area contributed by atoms with Crippen molar-refractivity contribution in [1.82, 2.24) is 9.88 Å². The second-order valence-electron chi connectivity index (χ2n) is 6.73. The molecule has 2 aromatic carbocycles.